The van der Waals surface area contributed by atoms with E-state index in [-0.39, 0.29) is 0 Å². The quantitative estimate of drug-likeness (QED) is 0.615. The number of para-hydroxylation sites is 1. The Morgan fingerprint density at radius 2 is 1.93 bits per heavy atom. The first kappa shape index (κ1) is 20.4. The lowest BCUT2D eigenvalue weighted by molar-refractivity contribution is -0.140. The lowest BCUT2D eigenvalue weighted by atomic mass is 9.94. The maximum Gasteiger partial charge on any atom is 0.329 e. The predicted octanol–water partition coefficient (Wildman–Crippen LogP) is 4.54. The van der Waals surface area contributed by atoms with Gasteiger partial charge in [0, 0.05) is 22.8 Å². The van der Waals surface area contributed by atoms with Gasteiger partial charge in [0.2, 0.25) is 0 Å². The molecule has 1 atom stereocenters. The molecule has 0 radical (unpaired) electrons. The second-order valence-corrected chi connectivity index (χ2v) is 8.01. The van der Waals surface area contributed by atoms with Crippen molar-refractivity contribution in [1.82, 2.24) is 5.32 Å². The second kappa shape index (κ2) is 8.50. The fourth-order valence-electron chi connectivity index (χ4n) is 4.04. The highest BCUT2D eigenvalue weighted by Gasteiger charge is 2.51. The third-order valence-electron chi connectivity index (χ3n) is 5.59. The van der Waals surface area contributed by atoms with Crippen molar-refractivity contribution in [3.63, 3.8) is 0 Å². The number of hydrogen-bond donors (Lipinski definition) is 3. The van der Waals surface area contributed by atoms with Gasteiger partial charge in [0.1, 0.15) is 0 Å². The number of fused-ring (bicyclic) bond motifs is 1. The Labute approximate surface area is 180 Å². The molecule has 2 aromatic rings. The van der Waals surface area contributed by atoms with E-state index in [1.807, 2.05) is 0 Å². The van der Waals surface area contributed by atoms with Crippen molar-refractivity contribution in [2.75, 3.05) is 16.8 Å². The highest BCUT2D eigenvalue weighted by atomic mass is 35.5. The number of benzene rings is 2. The Kier molecular flexibility index (Phi) is 5.79. The molecule has 3 amide bonds. The van der Waals surface area contributed by atoms with Gasteiger partial charge in [-0.2, -0.15) is 0 Å². The summed E-state index contributed by atoms with van der Waals surface area (Å²) in [6.07, 6.45) is 7.46. The summed E-state index contributed by atoms with van der Waals surface area (Å²) in [7, 11) is 0. The standard InChI is InChI=1S/C23H24ClN3O3/c24-17-10-12-18(13-11-17)27-22(29)26-20-9-5-4-8-19(20)23(27,30)21(28)25-15-14-16-6-2-1-3-7-16/h4-6,8-13,30H,1-3,7,14-15H2,(H,25,28)(H,26,29)/t23-/m0/s1. The number of nitrogens with zero attached hydrogens (tertiary/aromatic N) is 1. The largest absolute Gasteiger partial charge is 0.359 e. The van der Waals surface area contributed by atoms with Crippen LogP contribution in [0.15, 0.2) is 60.2 Å². The molecule has 0 fully saturated rings. The van der Waals surface area contributed by atoms with Crippen molar-refractivity contribution in [3.8, 4) is 0 Å². The maximum atomic E-state index is 13.3. The van der Waals surface area contributed by atoms with Gasteiger partial charge in [0.25, 0.3) is 11.6 Å². The Balaban J connectivity index is 1.65. The molecule has 7 heteroatoms. The van der Waals surface area contributed by atoms with Crippen molar-refractivity contribution in [2.24, 2.45) is 0 Å². The van der Waals surface area contributed by atoms with Crippen molar-refractivity contribution in [2.45, 2.75) is 37.8 Å². The summed E-state index contributed by atoms with van der Waals surface area (Å²) in [5.41, 5.74) is 0.214. The van der Waals surface area contributed by atoms with E-state index in [0.717, 1.165) is 24.2 Å². The first-order chi connectivity index (χ1) is 14.5. The summed E-state index contributed by atoms with van der Waals surface area (Å²) in [5, 5.41) is 17.8. The lowest BCUT2D eigenvalue weighted by Crippen LogP contribution is -2.62. The topological polar surface area (TPSA) is 81.7 Å². The van der Waals surface area contributed by atoms with Crippen LogP contribution in [0.5, 0.6) is 0 Å². The van der Waals surface area contributed by atoms with Gasteiger partial charge in [0.05, 0.1) is 5.69 Å². The van der Waals surface area contributed by atoms with Crippen molar-refractivity contribution in [1.29, 1.82) is 0 Å². The van der Waals surface area contributed by atoms with Crippen molar-refractivity contribution < 1.29 is 14.7 Å². The zero-order valence-electron chi connectivity index (χ0n) is 16.5. The van der Waals surface area contributed by atoms with Crippen LogP contribution in [0.3, 0.4) is 0 Å². The van der Waals surface area contributed by atoms with Gasteiger partial charge in [-0.05, 0) is 62.4 Å². The van der Waals surface area contributed by atoms with Crippen LogP contribution < -0.4 is 15.5 Å². The summed E-state index contributed by atoms with van der Waals surface area (Å²) < 4.78 is 0. The minimum atomic E-state index is -2.19. The lowest BCUT2D eigenvalue weighted by Gasteiger charge is -2.42. The summed E-state index contributed by atoms with van der Waals surface area (Å²) >= 11 is 5.98. The smallest absolute Gasteiger partial charge is 0.329 e. The maximum absolute atomic E-state index is 13.3. The Morgan fingerprint density at radius 3 is 2.67 bits per heavy atom. The third-order valence-corrected chi connectivity index (χ3v) is 5.84. The molecule has 4 rings (SSSR count). The van der Waals surface area contributed by atoms with E-state index in [4.69, 9.17) is 11.6 Å². The molecule has 3 N–H and O–H groups in total. The molecule has 30 heavy (non-hydrogen) atoms. The van der Waals surface area contributed by atoms with E-state index in [2.05, 4.69) is 16.7 Å². The number of amides is 3. The molecule has 2 aliphatic rings. The van der Waals surface area contributed by atoms with Gasteiger partial charge in [-0.15, -0.1) is 0 Å². The first-order valence-corrected chi connectivity index (χ1v) is 10.5. The zero-order chi connectivity index (χ0) is 21.1. The van der Waals surface area contributed by atoms with Gasteiger partial charge in [0.15, 0.2) is 0 Å². The number of carbonyl (C=O) groups is 2. The van der Waals surface area contributed by atoms with E-state index < -0.39 is 17.7 Å². The molecule has 156 valence electrons. The molecule has 0 spiro atoms. The number of rotatable bonds is 5. The van der Waals surface area contributed by atoms with Gasteiger partial charge in [-0.25, -0.2) is 4.79 Å². The van der Waals surface area contributed by atoms with Crippen LogP contribution in [0.2, 0.25) is 5.02 Å². The molecule has 0 aromatic heterocycles. The van der Waals surface area contributed by atoms with Gasteiger partial charge >= 0.3 is 6.03 Å². The summed E-state index contributed by atoms with van der Waals surface area (Å²) in [6.45, 7) is 0.394. The molecular formula is C23H24ClN3O3. The van der Waals surface area contributed by atoms with Crippen LogP contribution in [0.1, 0.15) is 37.7 Å². The number of allylic oxidation sites excluding steroid dienone is 1. The normalized spacial score (nSPS) is 20.8. The van der Waals surface area contributed by atoms with E-state index in [0.29, 0.717) is 28.5 Å². The molecular weight excluding hydrogens is 402 g/mol. The molecule has 1 heterocycles. The molecule has 2 aromatic carbocycles. The fourth-order valence-corrected chi connectivity index (χ4v) is 4.17. The molecule has 1 aliphatic carbocycles. The molecule has 6 nitrogen and oxygen atoms in total. The average Bonchev–Trinajstić information content (AvgIpc) is 2.75. The minimum Gasteiger partial charge on any atom is -0.359 e. The number of nitrogens with one attached hydrogen (secondary N) is 2. The van der Waals surface area contributed by atoms with Crippen molar-refractivity contribution >= 4 is 34.9 Å². The Bertz CT molecular complexity index is 989. The number of hydrogen-bond acceptors (Lipinski definition) is 3. The SMILES string of the molecule is O=C1Nc2ccccc2[C@](O)(C(=O)NCCC2=CCCCC2)N1c1ccc(Cl)cc1. The molecule has 0 unspecified atom stereocenters. The fraction of sp³-hybridized carbons (Fsp3) is 0.304. The third kappa shape index (κ3) is 3.80. The van der Waals surface area contributed by atoms with Gasteiger partial charge < -0.3 is 15.7 Å². The Morgan fingerprint density at radius 1 is 1.17 bits per heavy atom. The van der Waals surface area contributed by atoms with Crippen LogP contribution in [0, 0.1) is 0 Å². The van der Waals surface area contributed by atoms with Gasteiger partial charge in [-0.3, -0.25) is 9.69 Å². The monoisotopic (exact) mass is 425 g/mol. The van der Waals surface area contributed by atoms with Gasteiger partial charge in [-0.1, -0.05) is 41.4 Å². The molecule has 0 saturated carbocycles. The number of aliphatic hydroxyl groups is 1. The van der Waals surface area contributed by atoms with E-state index in [1.165, 1.54) is 18.4 Å². The predicted molar refractivity (Wildman–Crippen MR) is 117 cm³/mol. The molecule has 1 aliphatic heterocycles. The highest BCUT2D eigenvalue weighted by Crippen LogP contribution is 2.40. The number of urea groups is 1. The van der Waals surface area contributed by atoms with E-state index in [9.17, 15) is 14.7 Å². The molecule has 0 bridgehead atoms. The van der Waals surface area contributed by atoms with Crippen molar-refractivity contribution in [3.05, 3.63) is 70.8 Å². The zero-order valence-corrected chi connectivity index (χ0v) is 17.3. The van der Waals surface area contributed by atoms with E-state index in [1.54, 1.807) is 48.5 Å². The van der Waals surface area contributed by atoms with Crippen LogP contribution in [-0.2, 0) is 10.5 Å². The summed E-state index contributed by atoms with van der Waals surface area (Å²) in [6, 6.07) is 12.6. The first-order valence-electron chi connectivity index (χ1n) is 10.1. The van der Waals surface area contributed by atoms with Crippen LogP contribution >= 0.6 is 11.6 Å². The van der Waals surface area contributed by atoms with E-state index >= 15 is 0 Å². The second-order valence-electron chi connectivity index (χ2n) is 7.57. The Hall–Kier alpha value is -2.83. The minimum absolute atomic E-state index is 0.314. The van der Waals surface area contributed by atoms with Crippen LogP contribution in [0.25, 0.3) is 0 Å². The highest BCUT2D eigenvalue weighted by molar-refractivity contribution is 6.30. The summed E-state index contributed by atoms with van der Waals surface area (Å²) in [5.74, 6) is -0.642. The molecule has 0 saturated heterocycles. The number of anilines is 2. The van der Waals surface area contributed by atoms with Crippen LogP contribution in [-0.4, -0.2) is 23.6 Å². The average molecular weight is 426 g/mol. The number of carbonyl (C=O) groups excluding carboxylic acids is 2. The number of halogens is 1. The summed E-state index contributed by atoms with van der Waals surface area (Å²) in [4.78, 5) is 27.3. The van der Waals surface area contributed by atoms with Crippen LogP contribution in [0.4, 0.5) is 16.2 Å².